The first kappa shape index (κ1) is 25.6. The lowest BCUT2D eigenvalue weighted by Gasteiger charge is -2.28. The Balaban J connectivity index is 1.53. The molecule has 1 saturated heterocycles. The number of anilines is 3. The Morgan fingerprint density at radius 3 is 2.20 bits per heavy atom. The summed E-state index contributed by atoms with van der Waals surface area (Å²) in [6.45, 7) is 4.13. The molecule has 0 spiro atoms. The number of benzene rings is 2. The molecule has 0 bridgehead atoms. The maximum Gasteiger partial charge on any atom is 0.264 e. The van der Waals surface area contributed by atoms with Crippen LogP contribution in [0.25, 0.3) is 0 Å². The smallest absolute Gasteiger partial charge is 0.264 e. The van der Waals surface area contributed by atoms with Crippen molar-refractivity contribution < 1.29 is 8.42 Å². The Morgan fingerprint density at radius 1 is 0.886 bits per heavy atom. The predicted octanol–water partition coefficient (Wildman–Crippen LogP) is 5.20. The van der Waals surface area contributed by atoms with E-state index in [-0.39, 0.29) is 4.90 Å². The van der Waals surface area contributed by atoms with Gasteiger partial charge in [0.05, 0.1) is 10.6 Å². The van der Waals surface area contributed by atoms with E-state index < -0.39 is 10.0 Å². The zero-order chi connectivity index (χ0) is 24.7. The molecule has 1 aliphatic rings. The summed E-state index contributed by atoms with van der Waals surface area (Å²) < 4.78 is 28.9. The number of nitrogens with zero attached hydrogens (tertiary/aromatic N) is 3. The van der Waals surface area contributed by atoms with Crippen LogP contribution in [-0.4, -0.2) is 57.6 Å². The third-order valence-electron chi connectivity index (χ3n) is 5.87. The van der Waals surface area contributed by atoms with Crippen molar-refractivity contribution in [2.75, 3.05) is 54.2 Å². The van der Waals surface area contributed by atoms with E-state index in [0.717, 1.165) is 31.6 Å². The summed E-state index contributed by atoms with van der Waals surface area (Å²) in [5.74, 6) is 0.518. The first-order valence-electron chi connectivity index (χ1n) is 11.6. The van der Waals surface area contributed by atoms with Crippen LogP contribution in [0.2, 0.25) is 10.0 Å². The normalized spacial score (nSPS) is 14.1. The molecular formula is C25H29Cl2N5O2S. The zero-order valence-electron chi connectivity index (χ0n) is 19.3. The van der Waals surface area contributed by atoms with Gasteiger partial charge in [0.1, 0.15) is 0 Å². The van der Waals surface area contributed by atoms with E-state index >= 15 is 0 Å². The molecule has 3 aromatic rings. The maximum absolute atomic E-state index is 13.7. The van der Waals surface area contributed by atoms with Crippen LogP contribution in [0.1, 0.15) is 12.8 Å². The molecule has 2 N–H and O–H groups in total. The average Bonchev–Trinajstić information content (AvgIpc) is 3.38. The molecule has 0 aliphatic carbocycles. The van der Waals surface area contributed by atoms with Gasteiger partial charge in [-0.05, 0) is 86.6 Å². The SMILES string of the molecule is O=S(=O)(c1ccc(Cl)cc1)N(CCN1CCCC1)c1cccnc1NCCNc1ccc(Cl)cc1. The summed E-state index contributed by atoms with van der Waals surface area (Å²) in [5.41, 5.74) is 1.48. The van der Waals surface area contributed by atoms with Gasteiger partial charge >= 0.3 is 0 Å². The second kappa shape index (κ2) is 11.9. The lowest BCUT2D eigenvalue weighted by Crippen LogP contribution is -2.38. The molecule has 4 rings (SSSR count). The van der Waals surface area contributed by atoms with Crippen LogP contribution in [-0.2, 0) is 10.0 Å². The van der Waals surface area contributed by atoms with Crippen LogP contribution in [0.3, 0.4) is 0 Å². The molecule has 1 aromatic heterocycles. The lowest BCUT2D eigenvalue weighted by atomic mass is 10.3. The second-order valence-electron chi connectivity index (χ2n) is 8.31. The summed E-state index contributed by atoms with van der Waals surface area (Å²) in [6, 6.07) is 17.3. The number of halogens is 2. The summed E-state index contributed by atoms with van der Waals surface area (Å²) in [7, 11) is -3.82. The molecule has 0 atom stereocenters. The Hall–Kier alpha value is -2.52. The highest BCUT2D eigenvalue weighted by Gasteiger charge is 2.28. The van der Waals surface area contributed by atoms with Gasteiger partial charge in [0.2, 0.25) is 0 Å². The maximum atomic E-state index is 13.7. The summed E-state index contributed by atoms with van der Waals surface area (Å²) in [6.07, 6.45) is 3.94. The fourth-order valence-corrected chi connectivity index (χ4v) is 5.75. The zero-order valence-corrected chi connectivity index (χ0v) is 21.7. The standard InChI is InChI=1S/C25H29Cl2N5O2S/c26-20-5-9-22(10-6-20)28-14-15-30-25-24(4-3-13-29-25)32(19-18-31-16-1-2-17-31)35(33,34)23-11-7-21(27)8-12-23/h3-13,28H,1-2,14-19H2,(H,29,30). The van der Waals surface area contributed by atoms with E-state index in [9.17, 15) is 8.42 Å². The van der Waals surface area contributed by atoms with E-state index in [0.29, 0.717) is 47.7 Å². The van der Waals surface area contributed by atoms with Gasteiger partial charge in [-0.2, -0.15) is 0 Å². The van der Waals surface area contributed by atoms with Gasteiger partial charge < -0.3 is 15.5 Å². The minimum absolute atomic E-state index is 0.197. The summed E-state index contributed by atoms with van der Waals surface area (Å²) in [4.78, 5) is 6.95. The van der Waals surface area contributed by atoms with Crippen LogP contribution < -0.4 is 14.9 Å². The van der Waals surface area contributed by atoms with Gasteiger partial charge in [-0.15, -0.1) is 0 Å². The van der Waals surface area contributed by atoms with Crippen LogP contribution in [0, 0.1) is 0 Å². The van der Waals surface area contributed by atoms with Gasteiger partial charge in [0, 0.05) is 48.1 Å². The Labute approximate surface area is 217 Å². The van der Waals surface area contributed by atoms with Crippen molar-refractivity contribution in [3.8, 4) is 0 Å². The Kier molecular flexibility index (Phi) is 8.73. The van der Waals surface area contributed by atoms with Crippen molar-refractivity contribution in [2.45, 2.75) is 17.7 Å². The van der Waals surface area contributed by atoms with Crippen molar-refractivity contribution in [1.29, 1.82) is 0 Å². The number of rotatable bonds is 11. The number of likely N-dealkylation sites (tertiary alicyclic amines) is 1. The highest BCUT2D eigenvalue weighted by molar-refractivity contribution is 7.92. The highest BCUT2D eigenvalue weighted by Crippen LogP contribution is 2.30. The van der Waals surface area contributed by atoms with Crippen molar-refractivity contribution >= 4 is 50.4 Å². The number of aromatic nitrogens is 1. The third-order valence-corrected chi connectivity index (χ3v) is 8.20. The van der Waals surface area contributed by atoms with Crippen molar-refractivity contribution in [1.82, 2.24) is 9.88 Å². The Bertz CT molecular complexity index is 1200. The molecule has 10 heteroatoms. The molecule has 7 nitrogen and oxygen atoms in total. The Morgan fingerprint density at radius 2 is 1.51 bits per heavy atom. The van der Waals surface area contributed by atoms with Crippen LogP contribution >= 0.6 is 23.2 Å². The molecule has 1 aliphatic heterocycles. The highest BCUT2D eigenvalue weighted by atomic mass is 35.5. The molecule has 2 aromatic carbocycles. The molecule has 0 unspecified atom stereocenters. The number of pyridine rings is 1. The van der Waals surface area contributed by atoms with Gasteiger partial charge in [0.25, 0.3) is 10.0 Å². The number of sulfonamides is 1. The predicted molar refractivity (Wildman–Crippen MR) is 144 cm³/mol. The average molecular weight is 535 g/mol. The van der Waals surface area contributed by atoms with Crippen molar-refractivity contribution in [3.05, 3.63) is 76.9 Å². The first-order valence-corrected chi connectivity index (χ1v) is 13.8. The minimum Gasteiger partial charge on any atom is -0.383 e. The van der Waals surface area contributed by atoms with E-state index in [1.54, 1.807) is 42.6 Å². The van der Waals surface area contributed by atoms with E-state index in [1.807, 2.05) is 24.3 Å². The van der Waals surface area contributed by atoms with Crippen molar-refractivity contribution in [2.24, 2.45) is 0 Å². The fourth-order valence-electron chi connectivity index (χ4n) is 4.03. The fraction of sp³-hybridized carbons (Fsp3) is 0.320. The van der Waals surface area contributed by atoms with Crippen molar-refractivity contribution in [3.63, 3.8) is 0 Å². The number of hydrogen-bond donors (Lipinski definition) is 2. The van der Waals surface area contributed by atoms with Crippen LogP contribution in [0.5, 0.6) is 0 Å². The van der Waals surface area contributed by atoms with Gasteiger partial charge in [-0.25, -0.2) is 13.4 Å². The molecule has 0 saturated carbocycles. The monoisotopic (exact) mass is 533 g/mol. The van der Waals surface area contributed by atoms with E-state index in [4.69, 9.17) is 23.2 Å². The summed E-state index contributed by atoms with van der Waals surface area (Å²) >= 11 is 12.0. The lowest BCUT2D eigenvalue weighted by molar-refractivity contribution is 0.349. The molecule has 2 heterocycles. The molecular weight excluding hydrogens is 505 g/mol. The molecule has 0 radical (unpaired) electrons. The number of nitrogens with one attached hydrogen (secondary N) is 2. The van der Waals surface area contributed by atoms with Gasteiger partial charge in [0.15, 0.2) is 5.82 Å². The first-order chi connectivity index (χ1) is 16.9. The largest absolute Gasteiger partial charge is 0.383 e. The van der Waals surface area contributed by atoms with Crippen LogP contribution in [0.4, 0.5) is 17.2 Å². The quantitative estimate of drug-likeness (QED) is 0.329. The van der Waals surface area contributed by atoms with E-state index in [1.165, 1.54) is 4.31 Å². The molecule has 186 valence electrons. The van der Waals surface area contributed by atoms with E-state index in [2.05, 4.69) is 20.5 Å². The van der Waals surface area contributed by atoms with Gasteiger partial charge in [-0.3, -0.25) is 4.31 Å². The molecule has 0 amide bonds. The van der Waals surface area contributed by atoms with Gasteiger partial charge in [-0.1, -0.05) is 23.2 Å². The topological polar surface area (TPSA) is 77.6 Å². The third kappa shape index (κ3) is 6.79. The number of hydrogen-bond acceptors (Lipinski definition) is 6. The molecule has 1 fully saturated rings. The minimum atomic E-state index is -3.82. The summed E-state index contributed by atoms with van der Waals surface area (Å²) in [5, 5.41) is 7.78. The van der Waals surface area contributed by atoms with Crippen LogP contribution in [0.15, 0.2) is 71.8 Å². The second-order valence-corrected chi connectivity index (χ2v) is 11.0. The molecule has 35 heavy (non-hydrogen) atoms.